The van der Waals surface area contributed by atoms with E-state index in [9.17, 15) is 14.3 Å². The van der Waals surface area contributed by atoms with E-state index in [0.717, 1.165) is 5.39 Å². The summed E-state index contributed by atoms with van der Waals surface area (Å²) < 4.78 is 13.3. The lowest BCUT2D eigenvalue weighted by Crippen LogP contribution is -2.56. The van der Waals surface area contributed by atoms with Gasteiger partial charge in [0.25, 0.3) is 5.91 Å². The van der Waals surface area contributed by atoms with E-state index in [1.807, 2.05) is 6.07 Å². The van der Waals surface area contributed by atoms with Gasteiger partial charge in [0.2, 0.25) is 0 Å². The highest BCUT2D eigenvalue weighted by molar-refractivity contribution is 5.84. The van der Waals surface area contributed by atoms with Crippen molar-refractivity contribution in [2.75, 3.05) is 18.0 Å². The van der Waals surface area contributed by atoms with E-state index in [0.29, 0.717) is 30.7 Å². The highest BCUT2D eigenvalue weighted by Crippen LogP contribution is 2.26. The monoisotopic (exact) mass is 289 g/mol. The van der Waals surface area contributed by atoms with Crippen molar-refractivity contribution >= 4 is 22.6 Å². The van der Waals surface area contributed by atoms with E-state index < -0.39 is 11.5 Å². The Labute approximate surface area is 121 Å². The van der Waals surface area contributed by atoms with Gasteiger partial charge >= 0.3 is 0 Å². The first-order valence-electron chi connectivity index (χ1n) is 6.81. The smallest absolute Gasteiger partial charge is 0.251 e. The molecule has 2 aromatic rings. The summed E-state index contributed by atoms with van der Waals surface area (Å²) in [4.78, 5) is 17.6. The first-order chi connectivity index (χ1) is 9.98. The Morgan fingerprint density at radius 3 is 2.90 bits per heavy atom. The first kappa shape index (κ1) is 13.8. The fourth-order valence-electron chi connectivity index (χ4n) is 2.69. The van der Waals surface area contributed by atoms with Crippen molar-refractivity contribution in [3.05, 3.63) is 36.1 Å². The number of nitrogens with two attached hydrogens (primary N) is 1. The van der Waals surface area contributed by atoms with Crippen molar-refractivity contribution in [2.24, 2.45) is 5.73 Å². The van der Waals surface area contributed by atoms with Crippen LogP contribution in [0.3, 0.4) is 0 Å². The van der Waals surface area contributed by atoms with Gasteiger partial charge < -0.3 is 15.7 Å². The number of primary amides is 1. The van der Waals surface area contributed by atoms with Crippen LogP contribution in [0.1, 0.15) is 12.8 Å². The number of benzene rings is 1. The summed E-state index contributed by atoms with van der Waals surface area (Å²) in [6.45, 7) is 0.777. The second-order valence-electron chi connectivity index (χ2n) is 5.43. The van der Waals surface area contributed by atoms with Crippen LogP contribution in [0.5, 0.6) is 0 Å². The average molecular weight is 289 g/mol. The molecular weight excluding hydrogens is 273 g/mol. The minimum Gasteiger partial charge on any atom is -0.378 e. The zero-order valence-electron chi connectivity index (χ0n) is 11.4. The average Bonchev–Trinajstić information content (AvgIpc) is 2.46. The summed E-state index contributed by atoms with van der Waals surface area (Å²) in [5, 5.41) is 11.1. The fraction of sp³-hybridized carbons (Fsp3) is 0.333. The van der Waals surface area contributed by atoms with Gasteiger partial charge in [-0.15, -0.1) is 0 Å². The van der Waals surface area contributed by atoms with Gasteiger partial charge in [-0.1, -0.05) is 0 Å². The van der Waals surface area contributed by atoms with Gasteiger partial charge in [0, 0.05) is 18.0 Å². The molecule has 3 rings (SSSR count). The number of aromatic nitrogens is 1. The normalized spacial score (nSPS) is 22.5. The molecular formula is C15H16FN3O2. The van der Waals surface area contributed by atoms with Crippen LogP contribution in [0.4, 0.5) is 10.2 Å². The van der Waals surface area contributed by atoms with Gasteiger partial charge in [0.05, 0.1) is 12.1 Å². The molecule has 21 heavy (non-hydrogen) atoms. The van der Waals surface area contributed by atoms with Gasteiger partial charge in [0.1, 0.15) is 11.6 Å². The van der Waals surface area contributed by atoms with Crippen molar-refractivity contribution < 1.29 is 14.3 Å². The Morgan fingerprint density at radius 2 is 2.14 bits per heavy atom. The van der Waals surface area contributed by atoms with Crippen molar-refractivity contribution in [2.45, 2.75) is 18.4 Å². The topological polar surface area (TPSA) is 79.5 Å². The number of piperidine rings is 1. The van der Waals surface area contributed by atoms with Crippen molar-refractivity contribution in [1.82, 2.24) is 4.98 Å². The van der Waals surface area contributed by atoms with E-state index in [2.05, 4.69) is 4.98 Å². The number of carbonyl (C=O) groups excluding carboxylic acids is 1. The molecule has 1 aromatic carbocycles. The summed E-state index contributed by atoms with van der Waals surface area (Å²) in [6, 6.07) is 8.05. The van der Waals surface area contributed by atoms with Crippen LogP contribution >= 0.6 is 0 Å². The predicted octanol–water partition coefficient (Wildman–Crippen LogP) is 1.19. The summed E-state index contributed by atoms with van der Waals surface area (Å²) in [5.74, 6) is -0.467. The maximum absolute atomic E-state index is 13.3. The highest BCUT2D eigenvalue weighted by Gasteiger charge is 2.39. The van der Waals surface area contributed by atoms with Gasteiger partial charge in [-0.3, -0.25) is 4.79 Å². The van der Waals surface area contributed by atoms with E-state index in [-0.39, 0.29) is 12.4 Å². The van der Waals surface area contributed by atoms with E-state index >= 15 is 0 Å². The molecule has 1 atom stereocenters. The molecule has 0 bridgehead atoms. The van der Waals surface area contributed by atoms with Crippen LogP contribution in [0, 0.1) is 5.82 Å². The van der Waals surface area contributed by atoms with Crippen LogP contribution in [0.2, 0.25) is 0 Å². The highest BCUT2D eigenvalue weighted by atomic mass is 19.1. The Bertz CT molecular complexity index is 706. The molecule has 0 aliphatic carbocycles. The Balaban J connectivity index is 1.94. The van der Waals surface area contributed by atoms with Crippen LogP contribution in [-0.4, -0.2) is 34.7 Å². The maximum Gasteiger partial charge on any atom is 0.251 e. The van der Waals surface area contributed by atoms with Gasteiger partial charge in [-0.05, 0) is 37.1 Å². The first-order valence-corrected chi connectivity index (χ1v) is 6.81. The van der Waals surface area contributed by atoms with Gasteiger partial charge in [-0.2, -0.15) is 0 Å². The Hall–Kier alpha value is -2.21. The lowest BCUT2D eigenvalue weighted by molar-refractivity contribution is -0.137. The number of amides is 1. The van der Waals surface area contributed by atoms with Crippen LogP contribution in [-0.2, 0) is 4.79 Å². The Kier molecular flexibility index (Phi) is 3.25. The molecule has 1 aliphatic rings. The molecule has 2 heterocycles. The summed E-state index contributed by atoms with van der Waals surface area (Å²) in [5.41, 5.74) is 4.28. The summed E-state index contributed by atoms with van der Waals surface area (Å²) >= 11 is 0. The molecule has 1 aliphatic heterocycles. The van der Waals surface area contributed by atoms with Crippen LogP contribution in [0.15, 0.2) is 30.3 Å². The molecule has 1 amide bonds. The van der Waals surface area contributed by atoms with Crippen molar-refractivity contribution in [3.8, 4) is 0 Å². The van der Waals surface area contributed by atoms with E-state index in [4.69, 9.17) is 5.73 Å². The zero-order valence-corrected chi connectivity index (χ0v) is 11.4. The van der Waals surface area contributed by atoms with Gasteiger partial charge in [0.15, 0.2) is 5.60 Å². The van der Waals surface area contributed by atoms with Crippen molar-refractivity contribution in [3.63, 3.8) is 0 Å². The molecule has 0 spiro atoms. The lowest BCUT2D eigenvalue weighted by Gasteiger charge is -2.37. The van der Waals surface area contributed by atoms with Crippen molar-refractivity contribution in [1.29, 1.82) is 0 Å². The van der Waals surface area contributed by atoms with E-state index in [1.165, 1.54) is 12.1 Å². The minimum atomic E-state index is -1.53. The van der Waals surface area contributed by atoms with Gasteiger partial charge in [-0.25, -0.2) is 9.37 Å². The number of rotatable bonds is 2. The number of aliphatic hydroxyl groups is 1. The molecule has 1 fully saturated rings. The quantitative estimate of drug-likeness (QED) is 0.870. The number of anilines is 1. The number of β-amino-alcohol motifs (C(OH)–C–C–N with tert-alkyl or cyclic N) is 1. The molecule has 1 saturated heterocycles. The molecule has 6 heteroatoms. The van der Waals surface area contributed by atoms with Crippen LogP contribution < -0.4 is 10.6 Å². The third-order valence-corrected chi connectivity index (χ3v) is 3.89. The zero-order chi connectivity index (χ0) is 15.0. The lowest BCUT2D eigenvalue weighted by atomic mass is 9.92. The number of pyridine rings is 1. The standard InChI is InChI=1S/C15H16FN3O2/c16-11-4-2-10-3-5-13(18-12(10)8-11)19-7-1-6-15(21,9-19)14(17)20/h2-5,8,21H,1,6-7,9H2,(H2,17,20)/t15-/m1/s1. The molecule has 110 valence electrons. The SMILES string of the molecule is NC(=O)[C@@]1(O)CCCN(c2ccc3ccc(F)cc3n2)C1. The van der Waals surface area contributed by atoms with E-state index in [1.54, 1.807) is 17.0 Å². The summed E-state index contributed by atoms with van der Waals surface area (Å²) in [7, 11) is 0. The molecule has 0 saturated carbocycles. The maximum atomic E-state index is 13.3. The fourth-order valence-corrected chi connectivity index (χ4v) is 2.69. The third kappa shape index (κ3) is 2.54. The second kappa shape index (κ2) is 4.96. The largest absolute Gasteiger partial charge is 0.378 e. The number of halogens is 1. The molecule has 0 radical (unpaired) electrons. The number of hydrogen-bond donors (Lipinski definition) is 2. The summed E-state index contributed by atoms with van der Waals surface area (Å²) in [6.07, 6.45) is 0.989. The molecule has 1 aromatic heterocycles. The minimum absolute atomic E-state index is 0.107. The number of fused-ring (bicyclic) bond motifs is 1. The molecule has 5 nitrogen and oxygen atoms in total. The predicted molar refractivity (Wildman–Crippen MR) is 77.3 cm³/mol. The molecule has 3 N–H and O–H groups in total. The number of nitrogens with zero attached hydrogens (tertiary/aromatic N) is 2. The number of carbonyl (C=O) groups is 1. The molecule has 0 unspecified atom stereocenters. The Morgan fingerprint density at radius 1 is 1.38 bits per heavy atom. The third-order valence-electron chi connectivity index (χ3n) is 3.89. The van der Waals surface area contributed by atoms with Crippen LogP contribution in [0.25, 0.3) is 10.9 Å². The number of hydrogen-bond acceptors (Lipinski definition) is 4. The second-order valence-corrected chi connectivity index (χ2v) is 5.43.